The Labute approximate surface area is 165 Å². The van der Waals surface area contributed by atoms with Gasteiger partial charge in [0.05, 0.1) is 4.90 Å². The molecule has 9 heteroatoms. The monoisotopic (exact) mass is 410 g/mol. The maximum absolute atomic E-state index is 14.3. The predicted molar refractivity (Wildman–Crippen MR) is 106 cm³/mol. The van der Waals surface area contributed by atoms with Crippen LogP contribution in [-0.4, -0.2) is 23.7 Å². The first-order valence-electron chi connectivity index (χ1n) is 8.48. The topological polar surface area (TPSA) is 107 Å². The second kappa shape index (κ2) is 7.12. The smallest absolute Gasteiger partial charge is 0.255 e. The van der Waals surface area contributed by atoms with Gasteiger partial charge in [0.25, 0.3) is 5.91 Å². The Morgan fingerprint density at radius 3 is 2.69 bits per heavy atom. The number of hydrogen-bond acceptors (Lipinski definition) is 4. The molecule has 0 fully saturated rings. The number of benzene rings is 2. The SMILES string of the molecule is NS(=O)(=O)c1cccc(NC(=O)c2cc(F)cc(-c3cccn4ccnc34)c2)c1. The zero-order valence-corrected chi connectivity index (χ0v) is 15.7. The summed E-state index contributed by atoms with van der Waals surface area (Å²) in [5.74, 6) is -1.17. The lowest BCUT2D eigenvalue weighted by molar-refractivity contribution is 0.102. The molecule has 4 aromatic rings. The van der Waals surface area contributed by atoms with Gasteiger partial charge in [-0.2, -0.15) is 0 Å². The predicted octanol–water partition coefficient (Wildman–Crippen LogP) is 3.04. The van der Waals surface area contributed by atoms with Crippen molar-refractivity contribution in [2.45, 2.75) is 4.90 Å². The Balaban J connectivity index is 1.69. The summed E-state index contributed by atoms with van der Waals surface area (Å²) in [4.78, 5) is 16.8. The van der Waals surface area contributed by atoms with Crippen molar-refractivity contribution in [1.29, 1.82) is 0 Å². The van der Waals surface area contributed by atoms with Gasteiger partial charge in [-0.15, -0.1) is 0 Å². The maximum atomic E-state index is 14.3. The third-order valence-electron chi connectivity index (χ3n) is 4.31. The molecule has 146 valence electrons. The van der Waals surface area contributed by atoms with Crippen molar-refractivity contribution >= 4 is 27.3 Å². The van der Waals surface area contributed by atoms with Gasteiger partial charge in [-0.3, -0.25) is 4.79 Å². The van der Waals surface area contributed by atoms with Crippen LogP contribution in [-0.2, 0) is 10.0 Å². The number of aromatic nitrogens is 2. The summed E-state index contributed by atoms with van der Waals surface area (Å²) >= 11 is 0. The summed E-state index contributed by atoms with van der Waals surface area (Å²) in [6.07, 6.45) is 5.21. The van der Waals surface area contributed by atoms with Crippen LogP contribution < -0.4 is 10.5 Å². The lowest BCUT2D eigenvalue weighted by Crippen LogP contribution is -2.15. The number of hydrogen-bond donors (Lipinski definition) is 2. The Kier molecular flexibility index (Phi) is 4.61. The first kappa shape index (κ1) is 18.8. The summed E-state index contributed by atoms with van der Waals surface area (Å²) < 4.78 is 39.0. The van der Waals surface area contributed by atoms with Gasteiger partial charge in [0.15, 0.2) is 0 Å². The van der Waals surface area contributed by atoms with E-state index in [1.807, 2.05) is 6.20 Å². The molecule has 0 saturated heterocycles. The molecule has 0 aliphatic rings. The number of fused-ring (bicyclic) bond motifs is 1. The van der Waals surface area contributed by atoms with Crippen LogP contribution in [0, 0.1) is 5.82 Å². The number of amides is 1. The van der Waals surface area contributed by atoms with Crippen LogP contribution in [0.5, 0.6) is 0 Å². The standard InChI is InChI=1S/C20H15FN4O3S/c21-15-10-13(18-5-2-7-25-8-6-23-19(18)25)9-14(11-15)20(26)24-16-3-1-4-17(12-16)29(22,27)28/h1-12H,(H,24,26)(H2,22,27,28). The van der Waals surface area contributed by atoms with E-state index in [-0.39, 0.29) is 16.1 Å². The summed E-state index contributed by atoms with van der Waals surface area (Å²) in [7, 11) is -3.91. The van der Waals surface area contributed by atoms with Crippen LogP contribution in [0.15, 0.2) is 78.1 Å². The Hall–Kier alpha value is -3.56. The molecule has 4 rings (SSSR count). The summed E-state index contributed by atoms with van der Waals surface area (Å²) in [6, 6.07) is 13.1. The summed E-state index contributed by atoms with van der Waals surface area (Å²) in [5, 5.41) is 7.67. The number of primary sulfonamides is 1. The molecule has 2 aromatic heterocycles. The second-order valence-electron chi connectivity index (χ2n) is 6.34. The van der Waals surface area contributed by atoms with Gasteiger partial charge >= 0.3 is 0 Å². The molecule has 29 heavy (non-hydrogen) atoms. The first-order valence-corrected chi connectivity index (χ1v) is 10.0. The van der Waals surface area contributed by atoms with Gasteiger partial charge in [-0.1, -0.05) is 6.07 Å². The molecular formula is C20H15FN4O3S. The number of halogens is 1. The third-order valence-corrected chi connectivity index (χ3v) is 5.22. The van der Waals surface area contributed by atoms with Crippen molar-refractivity contribution in [3.8, 4) is 11.1 Å². The van der Waals surface area contributed by atoms with Crippen molar-refractivity contribution in [2.75, 3.05) is 5.32 Å². The molecule has 1 amide bonds. The van der Waals surface area contributed by atoms with E-state index in [2.05, 4.69) is 10.3 Å². The number of rotatable bonds is 4. The zero-order valence-electron chi connectivity index (χ0n) is 14.9. The number of nitrogens with one attached hydrogen (secondary N) is 1. The van der Waals surface area contributed by atoms with Crippen LogP contribution in [0.1, 0.15) is 10.4 Å². The fourth-order valence-electron chi connectivity index (χ4n) is 3.00. The minimum absolute atomic E-state index is 0.0783. The van der Waals surface area contributed by atoms with E-state index in [1.165, 1.54) is 30.3 Å². The fourth-order valence-corrected chi connectivity index (χ4v) is 3.56. The number of sulfonamides is 1. The van der Waals surface area contributed by atoms with E-state index in [4.69, 9.17) is 5.14 Å². The number of imidazole rings is 1. The van der Waals surface area contributed by atoms with Crippen LogP contribution in [0.2, 0.25) is 0 Å². The van der Waals surface area contributed by atoms with E-state index in [0.717, 1.165) is 6.07 Å². The van der Waals surface area contributed by atoms with E-state index >= 15 is 0 Å². The highest BCUT2D eigenvalue weighted by Crippen LogP contribution is 2.26. The average molecular weight is 410 g/mol. The molecule has 0 aliphatic carbocycles. The van der Waals surface area contributed by atoms with Gasteiger partial charge in [-0.25, -0.2) is 22.9 Å². The minimum atomic E-state index is -3.91. The highest BCUT2D eigenvalue weighted by Gasteiger charge is 2.14. The number of anilines is 1. The van der Waals surface area contributed by atoms with E-state index < -0.39 is 21.7 Å². The number of carbonyl (C=O) groups excluding carboxylic acids is 1. The summed E-state index contributed by atoms with van der Waals surface area (Å²) in [6.45, 7) is 0. The first-order chi connectivity index (χ1) is 13.8. The van der Waals surface area contributed by atoms with Gasteiger partial charge < -0.3 is 9.72 Å². The lowest BCUT2D eigenvalue weighted by Gasteiger charge is -2.09. The van der Waals surface area contributed by atoms with Crippen LogP contribution in [0.3, 0.4) is 0 Å². The number of nitrogens with two attached hydrogens (primary N) is 1. The maximum Gasteiger partial charge on any atom is 0.255 e. The van der Waals surface area contributed by atoms with Crippen LogP contribution in [0.4, 0.5) is 10.1 Å². The highest BCUT2D eigenvalue weighted by atomic mass is 32.2. The lowest BCUT2D eigenvalue weighted by atomic mass is 10.0. The molecule has 0 bridgehead atoms. The van der Waals surface area contributed by atoms with Crippen LogP contribution in [0.25, 0.3) is 16.8 Å². The van der Waals surface area contributed by atoms with Gasteiger partial charge in [0.2, 0.25) is 10.0 Å². The Morgan fingerprint density at radius 2 is 1.90 bits per heavy atom. The van der Waals surface area contributed by atoms with E-state index in [9.17, 15) is 17.6 Å². The molecule has 3 N–H and O–H groups in total. The quantitative estimate of drug-likeness (QED) is 0.539. The fraction of sp³-hybridized carbons (Fsp3) is 0. The molecule has 2 heterocycles. The van der Waals surface area contributed by atoms with Gasteiger partial charge in [0, 0.05) is 35.4 Å². The molecular weight excluding hydrogens is 395 g/mol. The van der Waals surface area contributed by atoms with Crippen molar-refractivity contribution in [3.05, 3.63) is 84.6 Å². The summed E-state index contributed by atoms with van der Waals surface area (Å²) in [5.41, 5.74) is 2.09. The molecule has 0 aliphatic heterocycles. The molecule has 0 radical (unpaired) electrons. The Morgan fingerprint density at radius 1 is 1.07 bits per heavy atom. The van der Waals surface area contributed by atoms with Crippen molar-refractivity contribution in [1.82, 2.24) is 9.38 Å². The number of nitrogens with zero attached hydrogens (tertiary/aromatic N) is 2. The van der Waals surface area contributed by atoms with Crippen molar-refractivity contribution in [3.63, 3.8) is 0 Å². The third kappa shape index (κ3) is 3.86. The normalized spacial score (nSPS) is 11.5. The van der Waals surface area contributed by atoms with Gasteiger partial charge in [0.1, 0.15) is 11.5 Å². The molecule has 2 aromatic carbocycles. The van der Waals surface area contributed by atoms with Crippen LogP contribution >= 0.6 is 0 Å². The van der Waals surface area contributed by atoms with Crippen molar-refractivity contribution in [2.24, 2.45) is 5.14 Å². The van der Waals surface area contributed by atoms with Crippen molar-refractivity contribution < 1.29 is 17.6 Å². The number of carbonyl (C=O) groups is 1. The number of pyridine rings is 1. The molecule has 0 spiro atoms. The van der Waals surface area contributed by atoms with E-state index in [0.29, 0.717) is 16.8 Å². The molecule has 0 unspecified atom stereocenters. The van der Waals surface area contributed by atoms with E-state index in [1.54, 1.807) is 35.0 Å². The molecule has 0 saturated carbocycles. The largest absolute Gasteiger partial charge is 0.322 e. The second-order valence-corrected chi connectivity index (χ2v) is 7.90. The highest BCUT2D eigenvalue weighted by molar-refractivity contribution is 7.89. The molecule has 0 atom stereocenters. The molecule has 7 nitrogen and oxygen atoms in total. The van der Waals surface area contributed by atoms with Gasteiger partial charge in [-0.05, 0) is 54.1 Å². The Bertz CT molecular complexity index is 1350. The average Bonchev–Trinajstić information content (AvgIpc) is 3.16. The minimum Gasteiger partial charge on any atom is -0.322 e. The zero-order chi connectivity index (χ0) is 20.6.